The Kier molecular flexibility index (Phi) is 6.22. The molecule has 2 nitrogen and oxygen atoms in total. The smallest absolute Gasteiger partial charge is 0.100 e. The van der Waals surface area contributed by atoms with Gasteiger partial charge < -0.3 is 9.80 Å². The Balaban J connectivity index is 1.36. The molecule has 1 aliphatic heterocycles. The van der Waals surface area contributed by atoms with Gasteiger partial charge in [-0.05, 0) is 95.9 Å². The zero-order valence-electron chi connectivity index (χ0n) is 21.1. The summed E-state index contributed by atoms with van der Waals surface area (Å²) in [5.74, 6) is 0. The number of nitrogens with zero attached hydrogens (tertiary/aromatic N) is 2. The van der Waals surface area contributed by atoms with Crippen molar-refractivity contribution in [3.8, 4) is 22.3 Å². The molecule has 0 saturated carbocycles. The molecule has 0 atom stereocenters. The third-order valence-corrected chi connectivity index (χ3v) is 8.69. The first-order valence-electron chi connectivity index (χ1n) is 12.9. The van der Waals surface area contributed by atoms with Crippen LogP contribution in [0.4, 0.5) is 22.7 Å². The van der Waals surface area contributed by atoms with Gasteiger partial charge in [-0.1, -0.05) is 97.1 Å². The molecular formula is C35H24Br2N2. The van der Waals surface area contributed by atoms with Gasteiger partial charge >= 0.3 is 0 Å². The van der Waals surface area contributed by atoms with Gasteiger partial charge in [0.1, 0.15) is 6.67 Å². The number of rotatable bonds is 4. The molecule has 0 bridgehead atoms. The van der Waals surface area contributed by atoms with Gasteiger partial charge in [-0.25, -0.2) is 0 Å². The molecule has 0 N–H and O–H groups in total. The Hall–Kier alpha value is -3.86. The van der Waals surface area contributed by atoms with Gasteiger partial charge in [-0.15, -0.1) is 0 Å². The maximum atomic E-state index is 3.92. The Bertz CT molecular complexity index is 1690. The Morgan fingerprint density at radius 3 is 1.31 bits per heavy atom. The van der Waals surface area contributed by atoms with Crippen LogP contribution in [-0.4, -0.2) is 6.67 Å². The highest BCUT2D eigenvalue weighted by molar-refractivity contribution is 9.11. The summed E-state index contributed by atoms with van der Waals surface area (Å²) in [6, 6.07) is 47.5. The highest BCUT2D eigenvalue weighted by atomic mass is 79.9. The van der Waals surface area contributed by atoms with E-state index in [2.05, 4.69) is 175 Å². The maximum absolute atomic E-state index is 3.92. The van der Waals surface area contributed by atoms with Crippen molar-refractivity contribution in [2.75, 3.05) is 16.5 Å². The predicted octanol–water partition coefficient (Wildman–Crippen LogP) is 10.9. The molecule has 0 spiro atoms. The van der Waals surface area contributed by atoms with Crippen molar-refractivity contribution in [2.45, 2.75) is 0 Å². The van der Waals surface area contributed by atoms with Crippen molar-refractivity contribution < 1.29 is 0 Å². The number of benzene rings is 6. The molecule has 0 unspecified atom stereocenters. The van der Waals surface area contributed by atoms with Crippen LogP contribution in [0.1, 0.15) is 0 Å². The minimum absolute atomic E-state index is 0.683. The zero-order valence-corrected chi connectivity index (χ0v) is 24.2. The minimum Gasteiger partial charge on any atom is -0.321 e. The molecule has 0 radical (unpaired) electrons. The number of hydrogen-bond acceptors (Lipinski definition) is 2. The lowest BCUT2D eigenvalue weighted by molar-refractivity contribution is 0.913. The molecule has 1 heterocycles. The molecule has 0 saturated heterocycles. The topological polar surface area (TPSA) is 6.48 Å². The lowest BCUT2D eigenvalue weighted by atomic mass is 10.0. The van der Waals surface area contributed by atoms with Crippen LogP contribution < -0.4 is 9.80 Å². The van der Waals surface area contributed by atoms with Crippen LogP contribution >= 0.6 is 31.9 Å². The van der Waals surface area contributed by atoms with Crippen LogP contribution in [0.5, 0.6) is 0 Å². The van der Waals surface area contributed by atoms with Crippen LogP contribution in [0.2, 0.25) is 0 Å². The van der Waals surface area contributed by atoms with E-state index in [1.807, 2.05) is 0 Å². The third kappa shape index (κ3) is 4.34. The molecule has 4 heteroatoms. The van der Waals surface area contributed by atoms with Gasteiger partial charge in [-0.2, -0.15) is 0 Å². The summed E-state index contributed by atoms with van der Waals surface area (Å²) in [7, 11) is 0. The molecule has 0 fully saturated rings. The third-order valence-electron chi connectivity index (χ3n) is 7.42. The second-order valence-electron chi connectivity index (χ2n) is 9.71. The molecule has 0 aromatic heterocycles. The summed E-state index contributed by atoms with van der Waals surface area (Å²) < 4.78 is 2.14. The van der Waals surface area contributed by atoms with Crippen molar-refractivity contribution in [1.29, 1.82) is 0 Å². The number of anilines is 4. The summed E-state index contributed by atoms with van der Waals surface area (Å²) in [4.78, 5) is 4.82. The van der Waals surface area contributed by atoms with Gasteiger partial charge in [0, 0.05) is 14.3 Å². The fraction of sp³-hybridized carbons (Fsp3) is 0.0286. The monoisotopic (exact) mass is 630 g/mol. The van der Waals surface area contributed by atoms with E-state index < -0.39 is 0 Å². The molecule has 0 aliphatic carbocycles. The summed E-state index contributed by atoms with van der Waals surface area (Å²) in [5.41, 5.74) is 9.50. The van der Waals surface area contributed by atoms with E-state index in [1.165, 1.54) is 44.4 Å². The molecule has 188 valence electrons. The quantitative estimate of drug-likeness (QED) is 0.191. The minimum atomic E-state index is 0.683. The fourth-order valence-electron chi connectivity index (χ4n) is 5.53. The van der Waals surface area contributed by atoms with Crippen molar-refractivity contribution >= 4 is 65.4 Å². The summed E-state index contributed by atoms with van der Waals surface area (Å²) >= 11 is 7.85. The van der Waals surface area contributed by atoms with E-state index >= 15 is 0 Å². The number of halogens is 2. The van der Waals surface area contributed by atoms with Crippen LogP contribution in [0.15, 0.2) is 142 Å². The lowest BCUT2D eigenvalue weighted by Crippen LogP contribution is -2.36. The van der Waals surface area contributed by atoms with Crippen LogP contribution in [-0.2, 0) is 0 Å². The van der Waals surface area contributed by atoms with Gasteiger partial charge in [0.15, 0.2) is 0 Å². The SMILES string of the molecule is Brc1cc(-c2ccccc2)ccc1N1CN(c2ccc(-c3ccccc3)cc2Br)c2cccc3cccc1c23. The van der Waals surface area contributed by atoms with Crippen molar-refractivity contribution in [3.63, 3.8) is 0 Å². The Labute approximate surface area is 245 Å². The predicted molar refractivity (Wildman–Crippen MR) is 172 cm³/mol. The van der Waals surface area contributed by atoms with E-state index in [-0.39, 0.29) is 0 Å². The Morgan fingerprint density at radius 2 is 0.872 bits per heavy atom. The van der Waals surface area contributed by atoms with E-state index in [1.54, 1.807) is 0 Å². The first-order chi connectivity index (χ1) is 19.2. The van der Waals surface area contributed by atoms with Gasteiger partial charge in [0.2, 0.25) is 0 Å². The number of hydrogen-bond donors (Lipinski definition) is 0. The zero-order chi connectivity index (χ0) is 26.3. The maximum Gasteiger partial charge on any atom is 0.100 e. The van der Waals surface area contributed by atoms with E-state index in [9.17, 15) is 0 Å². The molecule has 7 rings (SSSR count). The summed E-state index contributed by atoms with van der Waals surface area (Å²) in [6.07, 6.45) is 0. The fourth-order valence-corrected chi connectivity index (χ4v) is 6.71. The van der Waals surface area contributed by atoms with E-state index in [4.69, 9.17) is 0 Å². The summed E-state index contributed by atoms with van der Waals surface area (Å²) in [5, 5.41) is 2.48. The van der Waals surface area contributed by atoms with E-state index in [0.29, 0.717) is 6.67 Å². The van der Waals surface area contributed by atoms with Crippen molar-refractivity contribution in [2.24, 2.45) is 0 Å². The van der Waals surface area contributed by atoms with Crippen LogP contribution in [0.3, 0.4) is 0 Å². The standard InChI is InChI=1S/C35H24Br2N2/c36-29-21-27(24-9-3-1-4-10-24)17-19-31(29)38-23-39(34-16-8-14-26-13-7-15-33(38)35(26)34)32-20-18-28(22-30(32)37)25-11-5-2-6-12-25/h1-22H,23H2. The van der Waals surface area contributed by atoms with Crippen LogP contribution in [0, 0.1) is 0 Å². The normalized spacial score (nSPS) is 12.7. The van der Waals surface area contributed by atoms with Gasteiger partial charge in [0.25, 0.3) is 0 Å². The molecule has 39 heavy (non-hydrogen) atoms. The second kappa shape index (κ2) is 10.0. The molecule has 0 amide bonds. The van der Waals surface area contributed by atoms with Crippen molar-refractivity contribution in [1.82, 2.24) is 0 Å². The first-order valence-corrected chi connectivity index (χ1v) is 14.5. The largest absolute Gasteiger partial charge is 0.321 e. The van der Waals surface area contributed by atoms with Crippen molar-refractivity contribution in [3.05, 3.63) is 142 Å². The Morgan fingerprint density at radius 1 is 0.410 bits per heavy atom. The molecule has 1 aliphatic rings. The lowest BCUT2D eigenvalue weighted by Gasteiger charge is -2.40. The van der Waals surface area contributed by atoms with Crippen LogP contribution in [0.25, 0.3) is 33.0 Å². The summed E-state index contributed by atoms with van der Waals surface area (Å²) in [6.45, 7) is 0.683. The van der Waals surface area contributed by atoms with Gasteiger partial charge in [0.05, 0.1) is 22.7 Å². The highest BCUT2D eigenvalue weighted by Crippen LogP contribution is 2.48. The average molecular weight is 632 g/mol. The average Bonchev–Trinajstić information content (AvgIpc) is 2.99. The molecule has 6 aromatic rings. The molecular weight excluding hydrogens is 608 g/mol. The van der Waals surface area contributed by atoms with Gasteiger partial charge in [-0.3, -0.25) is 0 Å². The highest BCUT2D eigenvalue weighted by Gasteiger charge is 2.28. The first kappa shape index (κ1) is 24.2. The van der Waals surface area contributed by atoms with E-state index in [0.717, 1.165) is 20.3 Å². The second-order valence-corrected chi connectivity index (χ2v) is 11.4. The molecule has 6 aromatic carbocycles.